The molecule has 2 N–H and O–H groups in total. The van der Waals surface area contributed by atoms with Crippen LogP contribution in [0.1, 0.15) is 16.7 Å². The third-order valence-electron chi connectivity index (χ3n) is 3.20. The molecular weight excluding hydrogens is 312 g/mol. The van der Waals surface area contributed by atoms with E-state index in [0.717, 1.165) is 22.4 Å². The minimum Gasteiger partial charge on any atom is -0.331 e. The topological polar surface area (TPSA) is 79.6 Å². The second-order valence-corrected chi connectivity index (χ2v) is 5.35. The van der Waals surface area contributed by atoms with Gasteiger partial charge in [0.2, 0.25) is 0 Å². The van der Waals surface area contributed by atoms with Crippen molar-refractivity contribution in [3.63, 3.8) is 0 Å². The van der Waals surface area contributed by atoms with E-state index < -0.39 is 4.92 Å². The van der Waals surface area contributed by atoms with Crippen LogP contribution in [0, 0.1) is 24.0 Å². The lowest BCUT2D eigenvalue weighted by Gasteiger charge is -2.12. The van der Waals surface area contributed by atoms with Gasteiger partial charge in [-0.1, -0.05) is 18.2 Å². The van der Waals surface area contributed by atoms with Gasteiger partial charge in [-0.05, 0) is 54.9 Å². The van der Waals surface area contributed by atoms with Gasteiger partial charge >= 0.3 is 0 Å². The number of hydrazone groups is 1. The van der Waals surface area contributed by atoms with Crippen molar-refractivity contribution < 1.29 is 4.92 Å². The lowest BCUT2D eigenvalue weighted by Crippen LogP contribution is -2.24. The first-order valence-corrected chi connectivity index (χ1v) is 7.29. The lowest BCUT2D eigenvalue weighted by molar-refractivity contribution is -0.384. The Bertz CT molecular complexity index is 737. The van der Waals surface area contributed by atoms with Crippen molar-refractivity contribution in [1.29, 1.82) is 0 Å². The van der Waals surface area contributed by atoms with Crippen molar-refractivity contribution >= 4 is 34.9 Å². The molecule has 6 nitrogen and oxygen atoms in total. The maximum Gasteiger partial charge on any atom is 0.269 e. The average molecular weight is 328 g/mol. The van der Waals surface area contributed by atoms with Crippen LogP contribution in [0.2, 0.25) is 0 Å². The highest BCUT2D eigenvalue weighted by atomic mass is 32.1. The van der Waals surface area contributed by atoms with Crippen molar-refractivity contribution in [1.82, 2.24) is 5.43 Å². The van der Waals surface area contributed by atoms with Crippen molar-refractivity contribution in [3.05, 3.63) is 69.3 Å². The molecule has 23 heavy (non-hydrogen) atoms. The number of benzene rings is 2. The van der Waals surface area contributed by atoms with Crippen LogP contribution in [0.15, 0.2) is 47.6 Å². The monoisotopic (exact) mass is 328 g/mol. The minimum absolute atomic E-state index is 0.0438. The van der Waals surface area contributed by atoms with Gasteiger partial charge < -0.3 is 5.32 Å². The molecule has 0 aliphatic rings. The summed E-state index contributed by atoms with van der Waals surface area (Å²) in [4.78, 5) is 10.1. The largest absolute Gasteiger partial charge is 0.331 e. The minimum atomic E-state index is -0.442. The molecule has 0 saturated carbocycles. The summed E-state index contributed by atoms with van der Waals surface area (Å²) in [5, 5.41) is 18.1. The van der Waals surface area contributed by atoms with E-state index in [-0.39, 0.29) is 5.69 Å². The number of nitro groups is 1. The molecule has 0 bridgehead atoms. The number of para-hydroxylation sites is 1. The fourth-order valence-corrected chi connectivity index (χ4v) is 2.16. The first-order chi connectivity index (χ1) is 11.0. The smallest absolute Gasteiger partial charge is 0.269 e. The number of nitro benzene ring substituents is 1. The molecule has 7 heteroatoms. The number of nitrogens with zero attached hydrogens (tertiary/aromatic N) is 2. The van der Waals surface area contributed by atoms with Gasteiger partial charge in [0, 0.05) is 17.8 Å². The van der Waals surface area contributed by atoms with E-state index >= 15 is 0 Å². The van der Waals surface area contributed by atoms with Gasteiger partial charge in [0.1, 0.15) is 0 Å². The van der Waals surface area contributed by atoms with Gasteiger partial charge in [-0.3, -0.25) is 15.5 Å². The normalized spacial score (nSPS) is 10.5. The molecule has 2 aromatic carbocycles. The van der Waals surface area contributed by atoms with E-state index in [4.69, 9.17) is 12.2 Å². The molecule has 0 heterocycles. The quantitative estimate of drug-likeness (QED) is 0.388. The molecule has 0 fully saturated rings. The Kier molecular flexibility index (Phi) is 5.37. The summed E-state index contributed by atoms with van der Waals surface area (Å²) in [5.41, 5.74) is 6.64. The Balaban J connectivity index is 1.95. The second-order valence-electron chi connectivity index (χ2n) is 4.94. The Morgan fingerprint density at radius 2 is 1.78 bits per heavy atom. The van der Waals surface area contributed by atoms with Crippen LogP contribution >= 0.6 is 12.2 Å². The average Bonchev–Trinajstić information content (AvgIpc) is 2.51. The first kappa shape index (κ1) is 16.6. The van der Waals surface area contributed by atoms with Crippen LogP contribution in [0.3, 0.4) is 0 Å². The fourth-order valence-electron chi connectivity index (χ4n) is 2.00. The van der Waals surface area contributed by atoms with Gasteiger partial charge in [0.25, 0.3) is 5.69 Å². The maximum atomic E-state index is 10.6. The number of nitrogens with one attached hydrogen (secondary N) is 2. The van der Waals surface area contributed by atoms with Gasteiger partial charge in [0.15, 0.2) is 5.11 Å². The standard InChI is InChI=1S/C16H16N4O2S/c1-11-4-3-5-12(2)15(11)18-16(23)19-17-10-13-6-8-14(9-7-13)20(21)22/h3-10H,1-2H3,(H2,18,19,23)/b17-10+. The number of non-ortho nitro benzene ring substituents is 1. The molecule has 0 atom stereocenters. The summed E-state index contributed by atoms with van der Waals surface area (Å²) in [6.45, 7) is 4.00. The number of anilines is 1. The summed E-state index contributed by atoms with van der Waals surface area (Å²) in [5.74, 6) is 0. The van der Waals surface area contributed by atoms with Crippen molar-refractivity contribution in [2.24, 2.45) is 5.10 Å². The zero-order chi connectivity index (χ0) is 16.8. The summed E-state index contributed by atoms with van der Waals surface area (Å²) in [6, 6.07) is 12.1. The van der Waals surface area contributed by atoms with E-state index in [1.54, 1.807) is 18.3 Å². The third-order valence-corrected chi connectivity index (χ3v) is 3.40. The molecule has 0 unspecified atom stereocenters. The fraction of sp³-hybridized carbons (Fsp3) is 0.125. The number of thiocarbonyl (C=S) groups is 1. The Morgan fingerprint density at radius 1 is 1.17 bits per heavy atom. The van der Waals surface area contributed by atoms with Crippen LogP contribution in [0.5, 0.6) is 0 Å². The molecular formula is C16H16N4O2S. The zero-order valence-corrected chi connectivity index (χ0v) is 13.6. The highest BCUT2D eigenvalue weighted by Gasteiger charge is 2.04. The molecule has 2 aromatic rings. The SMILES string of the molecule is Cc1cccc(C)c1NC(=S)N/N=C/c1ccc([N+](=O)[O-])cc1. The van der Waals surface area contributed by atoms with Gasteiger partial charge in [-0.25, -0.2) is 0 Å². The number of hydrogen-bond donors (Lipinski definition) is 2. The zero-order valence-electron chi connectivity index (χ0n) is 12.7. The van der Waals surface area contributed by atoms with E-state index in [1.165, 1.54) is 12.1 Å². The Labute approximate surface area is 139 Å². The Hall–Kier alpha value is -2.80. The van der Waals surface area contributed by atoms with E-state index in [2.05, 4.69) is 15.8 Å². The highest BCUT2D eigenvalue weighted by molar-refractivity contribution is 7.80. The molecule has 2 rings (SSSR count). The highest BCUT2D eigenvalue weighted by Crippen LogP contribution is 2.19. The summed E-state index contributed by atoms with van der Waals surface area (Å²) in [7, 11) is 0. The number of hydrogen-bond acceptors (Lipinski definition) is 4. The first-order valence-electron chi connectivity index (χ1n) is 6.88. The third kappa shape index (κ3) is 4.58. The van der Waals surface area contributed by atoms with Crippen LogP contribution in [0.4, 0.5) is 11.4 Å². The molecule has 0 saturated heterocycles. The van der Waals surface area contributed by atoms with Crippen LogP contribution in [-0.4, -0.2) is 16.3 Å². The molecule has 0 aliphatic heterocycles. The molecule has 0 aromatic heterocycles. The van der Waals surface area contributed by atoms with E-state index in [9.17, 15) is 10.1 Å². The second kappa shape index (κ2) is 7.46. The number of rotatable bonds is 4. The Morgan fingerprint density at radius 3 is 2.35 bits per heavy atom. The summed E-state index contributed by atoms with van der Waals surface area (Å²) in [6.07, 6.45) is 1.54. The van der Waals surface area contributed by atoms with Crippen molar-refractivity contribution in [3.8, 4) is 0 Å². The van der Waals surface area contributed by atoms with Gasteiger partial charge in [-0.2, -0.15) is 5.10 Å². The van der Waals surface area contributed by atoms with Gasteiger partial charge in [-0.15, -0.1) is 0 Å². The van der Waals surface area contributed by atoms with E-state index in [1.807, 2.05) is 32.0 Å². The molecule has 118 valence electrons. The van der Waals surface area contributed by atoms with Gasteiger partial charge in [0.05, 0.1) is 11.1 Å². The summed E-state index contributed by atoms with van der Waals surface area (Å²) < 4.78 is 0. The van der Waals surface area contributed by atoms with Crippen LogP contribution in [0.25, 0.3) is 0 Å². The summed E-state index contributed by atoms with van der Waals surface area (Å²) >= 11 is 5.20. The molecule has 0 aliphatic carbocycles. The molecule has 0 amide bonds. The van der Waals surface area contributed by atoms with Crippen LogP contribution in [-0.2, 0) is 0 Å². The number of aryl methyl sites for hydroxylation is 2. The molecule has 0 radical (unpaired) electrons. The van der Waals surface area contributed by atoms with E-state index in [0.29, 0.717) is 5.11 Å². The molecule has 0 spiro atoms. The predicted octanol–water partition coefficient (Wildman–Crippen LogP) is 3.53. The van der Waals surface area contributed by atoms with Crippen molar-refractivity contribution in [2.45, 2.75) is 13.8 Å². The predicted molar refractivity (Wildman–Crippen MR) is 96.0 cm³/mol. The lowest BCUT2D eigenvalue weighted by atomic mass is 10.1. The maximum absolute atomic E-state index is 10.6. The van der Waals surface area contributed by atoms with Crippen molar-refractivity contribution in [2.75, 3.05) is 5.32 Å². The van der Waals surface area contributed by atoms with Crippen LogP contribution < -0.4 is 10.7 Å².